The number of ether oxygens (including phenoxy) is 3. The smallest absolute Gasteiger partial charge is 0.374 e. The molecule has 0 bridgehead atoms. The Balaban J connectivity index is 1.56. The van der Waals surface area contributed by atoms with Crippen LogP contribution in [0.1, 0.15) is 24.4 Å². The van der Waals surface area contributed by atoms with Crippen molar-refractivity contribution in [3.8, 4) is 22.8 Å². The lowest BCUT2D eigenvalue weighted by molar-refractivity contribution is -0.119. The SMILES string of the molecule is CCOc1ccc(NC(=O)COC(=O)c2ccc(-c3ccc(F)cc3)o2)cc1OCC. The molecule has 7 nitrogen and oxygen atoms in total. The van der Waals surface area contributed by atoms with Crippen molar-refractivity contribution in [2.45, 2.75) is 13.8 Å². The third-order valence-corrected chi connectivity index (χ3v) is 4.10. The average Bonchev–Trinajstić information content (AvgIpc) is 3.25. The summed E-state index contributed by atoms with van der Waals surface area (Å²) in [5, 5.41) is 2.64. The van der Waals surface area contributed by atoms with E-state index in [0.29, 0.717) is 41.7 Å². The third kappa shape index (κ3) is 5.85. The molecular weight excluding hydrogens is 405 g/mol. The van der Waals surface area contributed by atoms with Crippen molar-refractivity contribution in [3.05, 3.63) is 66.2 Å². The van der Waals surface area contributed by atoms with Crippen LogP contribution in [0, 0.1) is 5.82 Å². The minimum absolute atomic E-state index is 0.0631. The summed E-state index contributed by atoms with van der Waals surface area (Å²) in [6.45, 7) is 4.14. The molecule has 162 valence electrons. The van der Waals surface area contributed by atoms with Gasteiger partial charge in [-0.2, -0.15) is 0 Å². The number of hydrogen-bond donors (Lipinski definition) is 1. The zero-order valence-electron chi connectivity index (χ0n) is 17.1. The molecule has 0 aliphatic rings. The Hall–Kier alpha value is -3.81. The highest BCUT2D eigenvalue weighted by Gasteiger charge is 2.16. The lowest BCUT2D eigenvalue weighted by Crippen LogP contribution is -2.20. The van der Waals surface area contributed by atoms with Gasteiger partial charge in [-0.25, -0.2) is 9.18 Å². The molecule has 0 atom stereocenters. The molecule has 0 aliphatic carbocycles. The Morgan fingerprint density at radius 1 is 0.935 bits per heavy atom. The number of benzene rings is 2. The molecular formula is C23H22FNO6. The Bertz CT molecular complexity index is 1040. The van der Waals surface area contributed by atoms with Crippen molar-refractivity contribution >= 4 is 17.6 Å². The van der Waals surface area contributed by atoms with E-state index >= 15 is 0 Å². The molecule has 1 aromatic heterocycles. The van der Waals surface area contributed by atoms with Gasteiger partial charge in [-0.15, -0.1) is 0 Å². The second-order valence-corrected chi connectivity index (χ2v) is 6.32. The molecule has 0 aliphatic heterocycles. The van der Waals surface area contributed by atoms with Crippen molar-refractivity contribution in [1.82, 2.24) is 0 Å². The van der Waals surface area contributed by atoms with Crippen molar-refractivity contribution in [3.63, 3.8) is 0 Å². The molecule has 3 rings (SSSR count). The van der Waals surface area contributed by atoms with Crippen LogP contribution in [0.15, 0.2) is 59.0 Å². The van der Waals surface area contributed by atoms with E-state index in [-0.39, 0.29) is 11.6 Å². The molecule has 0 fully saturated rings. The minimum Gasteiger partial charge on any atom is -0.490 e. The summed E-state index contributed by atoms with van der Waals surface area (Å²) in [6.07, 6.45) is 0. The van der Waals surface area contributed by atoms with Gasteiger partial charge in [-0.05, 0) is 62.4 Å². The molecule has 0 radical (unpaired) electrons. The quantitative estimate of drug-likeness (QED) is 0.499. The number of carbonyl (C=O) groups is 2. The fraction of sp³-hybridized carbons (Fsp3) is 0.217. The normalized spacial score (nSPS) is 10.4. The fourth-order valence-electron chi connectivity index (χ4n) is 2.75. The highest BCUT2D eigenvalue weighted by molar-refractivity contribution is 5.95. The zero-order valence-corrected chi connectivity index (χ0v) is 17.1. The van der Waals surface area contributed by atoms with E-state index in [0.717, 1.165) is 0 Å². The third-order valence-electron chi connectivity index (χ3n) is 4.10. The summed E-state index contributed by atoms with van der Waals surface area (Å²) >= 11 is 0. The molecule has 1 N–H and O–H groups in total. The Kier molecular flexibility index (Phi) is 7.26. The van der Waals surface area contributed by atoms with Gasteiger partial charge in [0.2, 0.25) is 5.76 Å². The van der Waals surface area contributed by atoms with Gasteiger partial charge in [-0.1, -0.05) is 0 Å². The number of halogens is 1. The molecule has 3 aromatic rings. The number of amides is 1. The van der Waals surface area contributed by atoms with Gasteiger partial charge in [-0.3, -0.25) is 4.79 Å². The first-order valence-electron chi connectivity index (χ1n) is 9.72. The minimum atomic E-state index is -0.787. The van der Waals surface area contributed by atoms with Crippen LogP contribution < -0.4 is 14.8 Å². The number of anilines is 1. The predicted octanol–water partition coefficient (Wildman–Crippen LogP) is 4.68. The lowest BCUT2D eigenvalue weighted by atomic mass is 10.2. The van der Waals surface area contributed by atoms with Crippen molar-refractivity contribution < 1.29 is 32.6 Å². The molecule has 0 saturated carbocycles. The Morgan fingerprint density at radius 2 is 1.65 bits per heavy atom. The summed E-state index contributed by atoms with van der Waals surface area (Å²) in [5.74, 6) is -0.287. The number of hydrogen-bond acceptors (Lipinski definition) is 6. The van der Waals surface area contributed by atoms with E-state index < -0.39 is 18.5 Å². The van der Waals surface area contributed by atoms with Gasteiger partial charge in [0.25, 0.3) is 5.91 Å². The van der Waals surface area contributed by atoms with Crippen LogP contribution in [-0.4, -0.2) is 31.7 Å². The number of rotatable bonds is 9. The van der Waals surface area contributed by atoms with Crippen LogP contribution >= 0.6 is 0 Å². The average molecular weight is 427 g/mol. The van der Waals surface area contributed by atoms with E-state index in [1.54, 1.807) is 24.3 Å². The van der Waals surface area contributed by atoms with E-state index in [4.69, 9.17) is 18.6 Å². The van der Waals surface area contributed by atoms with Crippen LogP contribution in [-0.2, 0) is 9.53 Å². The Morgan fingerprint density at radius 3 is 2.35 bits per heavy atom. The number of esters is 1. The standard InChI is InChI=1S/C23H22FNO6/c1-3-28-19-10-9-17(13-21(19)29-4-2)25-22(26)14-30-23(27)20-12-11-18(31-20)15-5-7-16(24)8-6-15/h5-13H,3-4,14H2,1-2H3,(H,25,26). The van der Waals surface area contributed by atoms with Crippen molar-refractivity contribution in [2.24, 2.45) is 0 Å². The number of carbonyl (C=O) groups excluding carboxylic acids is 2. The predicted molar refractivity (Wildman–Crippen MR) is 112 cm³/mol. The lowest BCUT2D eigenvalue weighted by Gasteiger charge is -2.13. The maximum absolute atomic E-state index is 13.0. The van der Waals surface area contributed by atoms with Gasteiger partial charge in [0.15, 0.2) is 18.1 Å². The first-order valence-corrected chi connectivity index (χ1v) is 9.72. The summed E-state index contributed by atoms with van der Waals surface area (Å²) in [6, 6.07) is 13.6. The first kappa shape index (κ1) is 21.9. The monoisotopic (exact) mass is 427 g/mol. The van der Waals surface area contributed by atoms with Crippen LogP contribution in [0.25, 0.3) is 11.3 Å². The molecule has 0 saturated heterocycles. The molecule has 0 unspecified atom stereocenters. The van der Waals surface area contributed by atoms with E-state index in [1.165, 1.54) is 30.3 Å². The van der Waals surface area contributed by atoms with Gasteiger partial charge < -0.3 is 23.9 Å². The zero-order chi connectivity index (χ0) is 22.2. The van der Waals surface area contributed by atoms with Gasteiger partial charge in [0.1, 0.15) is 11.6 Å². The summed E-state index contributed by atoms with van der Waals surface area (Å²) < 4.78 is 34.5. The maximum Gasteiger partial charge on any atom is 0.374 e. The van der Waals surface area contributed by atoms with Crippen LogP contribution in [0.3, 0.4) is 0 Å². The van der Waals surface area contributed by atoms with Crippen molar-refractivity contribution in [1.29, 1.82) is 0 Å². The Labute approximate surface area is 178 Å². The van der Waals surface area contributed by atoms with Crippen molar-refractivity contribution in [2.75, 3.05) is 25.1 Å². The van der Waals surface area contributed by atoms with E-state index in [9.17, 15) is 14.0 Å². The second kappa shape index (κ2) is 10.3. The second-order valence-electron chi connectivity index (χ2n) is 6.32. The number of nitrogens with one attached hydrogen (secondary N) is 1. The van der Waals surface area contributed by atoms with Gasteiger partial charge in [0.05, 0.1) is 13.2 Å². The topological polar surface area (TPSA) is 87.0 Å². The maximum atomic E-state index is 13.0. The highest BCUT2D eigenvalue weighted by Crippen LogP contribution is 2.30. The summed E-state index contributed by atoms with van der Waals surface area (Å²) in [4.78, 5) is 24.3. The molecule has 31 heavy (non-hydrogen) atoms. The molecule has 0 spiro atoms. The molecule has 1 heterocycles. The van der Waals surface area contributed by atoms with Crippen LogP contribution in [0.4, 0.5) is 10.1 Å². The van der Waals surface area contributed by atoms with E-state index in [1.807, 2.05) is 13.8 Å². The molecule has 1 amide bonds. The van der Waals surface area contributed by atoms with Gasteiger partial charge in [0, 0.05) is 17.3 Å². The van der Waals surface area contributed by atoms with Gasteiger partial charge >= 0.3 is 5.97 Å². The number of furan rings is 1. The first-order chi connectivity index (χ1) is 15.0. The largest absolute Gasteiger partial charge is 0.490 e. The van der Waals surface area contributed by atoms with Crippen LogP contribution in [0.2, 0.25) is 0 Å². The van der Waals surface area contributed by atoms with E-state index in [2.05, 4.69) is 5.32 Å². The fourth-order valence-corrected chi connectivity index (χ4v) is 2.75. The molecule has 8 heteroatoms. The van der Waals surface area contributed by atoms with Crippen LogP contribution in [0.5, 0.6) is 11.5 Å². The summed E-state index contributed by atoms with van der Waals surface area (Å²) in [7, 11) is 0. The molecule has 2 aromatic carbocycles. The summed E-state index contributed by atoms with van der Waals surface area (Å²) in [5.41, 5.74) is 1.09. The highest BCUT2D eigenvalue weighted by atomic mass is 19.1.